The molecule has 1 heterocycles. The van der Waals surface area contributed by atoms with Crippen molar-refractivity contribution in [2.24, 2.45) is 7.05 Å². The SMILES string of the molecule is Cn1cc(C(=O)CCCC(=O)O)c2ccccc21. The molecule has 1 aromatic heterocycles. The van der Waals surface area contributed by atoms with Gasteiger partial charge in [-0.1, -0.05) is 18.2 Å². The van der Waals surface area contributed by atoms with Crippen molar-refractivity contribution in [1.29, 1.82) is 0 Å². The number of aliphatic carboxylic acids is 1. The van der Waals surface area contributed by atoms with E-state index < -0.39 is 5.97 Å². The Morgan fingerprint density at radius 3 is 2.67 bits per heavy atom. The van der Waals surface area contributed by atoms with Crippen molar-refractivity contribution in [3.8, 4) is 0 Å². The molecule has 0 bridgehead atoms. The summed E-state index contributed by atoms with van der Waals surface area (Å²) in [6.07, 6.45) is 2.52. The molecule has 0 unspecified atom stereocenters. The van der Waals surface area contributed by atoms with Gasteiger partial charge in [-0.15, -0.1) is 0 Å². The van der Waals surface area contributed by atoms with Crippen molar-refractivity contribution < 1.29 is 14.7 Å². The van der Waals surface area contributed by atoms with E-state index in [1.165, 1.54) is 0 Å². The van der Waals surface area contributed by atoms with Crippen molar-refractivity contribution in [3.05, 3.63) is 36.0 Å². The molecule has 0 atom stereocenters. The third-order valence-corrected chi connectivity index (χ3v) is 2.99. The van der Waals surface area contributed by atoms with Gasteiger partial charge in [-0.25, -0.2) is 0 Å². The summed E-state index contributed by atoms with van der Waals surface area (Å²) in [5.41, 5.74) is 1.69. The Balaban J connectivity index is 2.20. The number of carbonyl (C=O) groups is 2. The summed E-state index contributed by atoms with van der Waals surface area (Å²) in [6.45, 7) is 0. The Labute approximate surface area is 105 Å². The van der Waals surface area contributed by atoms with E-state index in [1.54, 1.807) is 0 Å². The molecule has 0 saturated carbocycles. The molecule has 0 aliphatic heterocycles. The summed E-state index contributed by atoms with van der Waals surface area (Å²) >= 11 is 0. The van der Waals surface area contributed by atoms with E-state index in [-0.39, 0.29) is 18.6 Å². The highest BCUT2D eigenvalue weighted by molar-refractivity contribution is 6.08. The van der Waals surface area contributed by atoms with E-state index in [0.717, 1.165) is 10.9 Å². The molecule has 1 aromatic carbocycles. The molecule has 2 aromatic rings. The molecule has 18 heavy (non-hydrogen) atoms. The highest BCUT2D eigenvalue weighted by atomic mass is 16.4. The third kappa shape index (κ3) is 2.42. The number of Topliss-reactive ketones (excluding diaryl/α,β-unsaturated/α-hetero) is 1. The van der Waals surface area contributed by atoms with Gasteiger partial charge in [-0.05, 0) is 12.5 Å². The zero-order valence-electron chi connectivity index (χ0n) is 10.2. The summed E-state index contributed by atoms with van der Waals surface area (Å²) in [5.74, 6) is -0.853. The number of benzene rings is 1. The van der Waals surface area contributed by atoms with Crippen molar-refractivity contribution in [2.45, 2.75) is 19.3 Å². The maximum absolute atomic E-state index is 12.0. The monoisotopic (exact) mass is 245 g/mol. The van der Waals surface area contributed by atoms with Crippen LogP contribution < -0.4 is 0 Å². The number of carboxylic acids is 1. The molecule has 2 rings (SSSR count). The van der Waals surface area contributed by atoms with Crippen LogP contribution in [0, 0.1) is 0 Å². The van der Waals surface area contributed by atoms with E-state index >= 15 is 0 Å². The molecule has 0 radical (unpaired) electrons. The number of aromatic nitrogens is 1. The van der Waals surface area contributed by atoms with Gasteiger partial charge in [-0.3, -0.25) is 9.59 Å². The zero-order valence-corrected chi connectivity index (χ0v) is 10.2. The van der Waals surface area contributed by atoms with Crippen molar-refractivity contribution >= 4 is 22.7 Å². The first-order valence-corrected chi connectivity index (χ1v) is 5.88. The third-order valence-electron chi connectivity index (χ3n) is 2.99. The van der Waals surface area contributed by atoms with Gasteiger partial charge in [0.15, 0.2) is 5.78 Å². The van der Waals surface area contributed by atoms with Gasteiger partial charge in [0, 0.05) is 42.6 Å². The molecule has 4 heteroatoms. The fourth-order valence-electron chi connectivity index (χ4n) is 2.10. The lowest BCUT2D eigenvalue weighted by atomic mass is 10.0. The molecule has 0 spiro atoms. The summed E-state index contributed by atoms with van der Waals surface area (Å²) in [7, 11) is 1.90. The molecule has 0 aliphatic carbocycles. The van der Waals surface area contributed by atoms with Gasteiger partial charge in [0.1, 0.15) is 0 Å². The number of aryl methyl sites for hydroxylation is 1. The van der Waals surface area contributed by atoms with Crippen molar-refractivity contribution in [2.75, 3.05) is 0 Å². The number of para-hydroxylation sites is 1. The Bertz CT molecular complexity index is 598. The fraction of sp³-hybridized carbons (Fsp3) is 0.286. The number of rotatable bonds is 5. The lowest BCUT2D eigenvalue weighted by molar-refractivity contribution is -0.137. The molecule has 0 amide bonds. The minimum atomic E-state index is -0.860. The molecule has 0 saturated heterocycles. The normalized spacial score (nSPS) is 10.7. The van der Waals surface area contributed by atoms with Crippen LogP contribution in [0.15, 0.2) is 30.5 Å². The Hall–Kier alpha value is -2.10. The molecule has 0 fully saturated rings. The van der Waals surface area contributed by atoms with Crippen LogP contribution in [0.5, 0.6) is 0 Å². The molecule has 94 valence electrons. The standard InChI is InChI=1S/C14H15NO3/c1-15-9-11(10-5-2-3-6-12(10)15)13(16)7-4-8-14(17)18/h2-3,5-6,9H,4,7-8H2,1H3,(H,17,18). The van der Waals surface area contributed by atoms with Crippen LogP contribution in [0.4, 0.5) is 0 Å². The Morgan fingerprint density at radius 2 is 1.94 bits per heavy atom. The van der Waals surface area contributed by atoms with Crippen LogP contribution in [0.3, 0.4) is 0 Å². The van der Waals surface area contributed by atoms with Crippen LogP contribution in [0.25, 0.3) is 10.9 Å². The fourth-order valence-corrected chi connectivity index (χ4v) is 2.10. The smallest absolute Gasteiger partial charge is 0.303 e. The highest BCUT2D eigenvalue weighted by Gasteiger charge is 2.13. The lowest BCUT2D eigenvalue weighted by Crippen LogP contribution is -2.01. The maximum atomic E-state index is 12.0. The van der Waals surface area contributed by atoms with Crippen LogP contribution in [0.2, 0.25) is 0 Å². The second kappa shape index (κ2) is 5.04. The van der Waals surface area contributed by atoms with E-state index in [0.29, 0.717) is 12.0 Å². The summed E-state index contributed by atoms with van der Waals surface area (Å²) in [5, 5.41) is 9.49. The molecule has 0 aliphatic rings. The number of ketones is 1. The lowest BCUT2D eigenvalue weighted by Gasteiger charge is -1.98. The minimum Gasteiger partial charge on any atom is -0.481 e. The maximum Gasteiger partial charge on any atom is 0.303 e. The number of carbonyl (C=O) groups excluding carboxylic acids is 1. The Kier molecular flexibility index (Phi) is 3.46. The van der Waals surface area contributed by atoms with E-state index in [1.807, 2.05) is 42.1 Å². The average Bonchev–Trinajstić information content (AvgIpc) is 2.67. The summed E-state index contributed by atoms with van der Waals surface area (Å²) in [6, 6.07) is 7.71. The average molecular weight is 245 g/mol. The topological polar surface area (TPSA) is 59.3 Å². The van der Waals surface area contributed by atoms with Crippen molar-refractivity contribution in [1.82, 2.24) is 4.57 Å². The largest absolute Gasteiger partial charge is 0.481 e. The molecular formula is C14H15NO3. The first kappa shape index (κ1) is 12.4. The quantitative estimate of drug-likeness (QED) is 0.824. The van der Waals surface area contributed by atoms with Gasteiger partial charge in [0.2, 0.25) is 0 Å². The Morgan fingerprint density at radius 1 is 1.22 bits per heavy atom. The van der Waals surface area contributed by atoms with Gasteiger partial charge in [-0.2, -0.15) is 0 Å². The van der Waals surface area contributed by atoms with Crippen molar-refractivity contribution in [3.63, 3.8) is 0 Å². The number of hydrogen-bond acceptors (Lipinski definition) is 2. The van der Waals surface area contributed by atoms with Gasteiger partial charge in [0.25, 0.3) is 0 Å². The number of fused-ring (bicyclic) bond motifs is 1. The number of nitrogens with zero attached hydrogens (tertiary/aromatic N) is 1. The second-order valence-corrected chi connectivity index (χ2v) is 4.34. The highest BCUT2D eigenvalue weighted by Crippen LogP contribution is 2.22. The van der Waals surface area contributed by atoms with E-state index in [9.17, 15) is 9.59 Å². The van der Waals surface area contributed by atoms with E-state index in [4.69, 9.17) is 5.11 Å². The number of carboxylic acid groups (broad SMARTS) is 1. The van der Waals surface area contributed by atoms with Crippen LogP contribution in [-0.2, 0) is 11.8 Å². The molecular weight excluding hydrogens is 230 g/mol. The second-order valence-electron chi connectivity index (χ2n) is 4.34. The summed E-state index contributed by atoms with van der Waals surface area (Å²) in [4.78, 5) is 22.5. The minimum absolute atomic E-state index is 0.00745. The van der Waals surface area contributed by atoms with Crippen LogP contribution in [-0.4, -0.2) is 21.4 Å². The van der Waals surface area contributed by atoms with Crippen LogP contribution >= 0.6 is 0 Å². The van der Waals surface area contributed by atoms with Gasteiger partial charge in [0.05, 0.1) is 0 Å². The van der Waals surface area contributed by atoms with E-state index in [2.05, 4.69) is 0 Å². The molecule has 4 nitrogen and oxygen atoms in total. The van der Waals surface area contributed by atoms with Crippen LogP contribution in [0.1, 0.15) is 29.6 Å². The first-order chi connectivity index (χ1) is 8.59. The number of hydrogen-bond donors (Lipinski definition) is 1. The predicted octanol–water partition coefficient (Wildman–Crippen LogP) is 2.62. The first-order valence-electron chi connectivity index (χ1n) is 5.88. The van der Waals surface area contributed by atoms with Gasteiger partial charge >= 0.3 is 5.97 Å². The molecule has 1 N–H and O–H groups in total. The van der Waals surface area contributed by atoms with Gasteiger partial charge < -0.3 is 9.67 Å². The summed E-state index contributed by atoms with van der Waals surface area (Å²) < 4.78 is 1.92. The zero-order chi connectivity index (χ0) is 13.1. The predicted molar refractivity (Wildman–Crippen MR) is 68.7 cm³/mol.